The molecular weight excluding hydrogens is 270 g/mol. The molecule has 1 amide bonds. The molecule has 0 radical (unpaired) electrons. The van der Waals surface area contributed by atoms with Crippen molar-refractivity contribution in [1.82, 2.24) is 4.98 Å². The highest BCUT2D eigenvalue weighted by atomic mass is 32.1. The summed E-state index contributed by atoms with van der Waals surface area (Å²) in [5, 5.41) is 3.51. The maximum Gasteiger partial charge on any atom is 0.226 e. The number of anilines is 2. The zero-order chi connectivity index (χ0) is 14.4. The third kappa shape index (κ3) is 4.35. The van der Waals surface area contributed by atoms with Crippen molar-refractivity contribution < 1.29 is 4.79 Å². The number of rotatable bonds is 6. The van der Waals surface area contributed by atoms with Gasteiger partial charge in [-0.1, -0.05) is 18.2 Å². The zero-order valence-electron chi connectivity index (χ0n) is 11.8. The molecule has 0 unspecified atom stereocenters. The highest BCUT2D eigenvalue weighted by Gasteiger charge is 2.06. The molecule has 1 aromatic heterocycles. The average Bonchev–Trinajstić information content (AvgIpc) is 2.85. The predicted molar refractivity (Wildman–Crippen MR) is 84.4 cm³/mol. The number of para-hydroxylation sites is 1. The summed E-state index contributed by atoms with van der Waals surface area (Å²) in [6, 6.07) is 10.2. The summed E-state index contributed by atoms with van der Waals surface area (Å²) in [5.74, 6) is 0.0285. The van der Waals surface area contributed by atoms with Crippen LogP contribution in [0.3, 0.4) is 0 Å². The fourth-order valence-corrected chi connectivity index (χ4v) is 2.56. The minimum atomic E-state index is 0.0285. The molecule has 2 rings (SSSR count). The Morgan fingerprint density at radius 3 is 2.75 bits per heavy atom. The number of carbonyl (C=O) groups excluding carboxylic acids is 1. The van der Waals surface area contributed by atoms with Gasteiger partial charge in [-0.05, 0) is 25.5 Å². The normalized spacial score (nSPS) is 10.3. The van der Waals surface area contributed by atoms with Crippen molar-refractivity contribution in [3.05, 3.63) is 41.4 Å². The van der Waals surface area contributed by atoms with E-state index in [1.54, 1.807) is 6.20 Å². The molecule has 2 aromatic rings. The quantitative estimate of drug-likeness (QED) is 0.887. The predicted octanol–water partition coefficient (Wildman–Crippen LogP) is 3.31. The number of nitrogens with zero attached hydrogens (tertiary/aromatic N) is 2. The van der Waals surface area contributed by atoms with Crippen LogP contribution in [0, 0.1) is 6.92 Å². The van der Waals surface area contributed by atoms with Gasteiger partial charge in [0.15, 0.2) is 5.13 Å². The Morgan fingerprint density at radius 1 is 1.35 bits per heavy atom. The summed E-state index contributed by atoms with van der Waals surface area (Å²) < 4.78 is 0. The molecule has 106 valence electrons. The number of hydrogen-bond donors (Lipinski definition) is 1. The molecule has 0 aliphatic heterocycles. The van der Waals surface area contributed by atoms with Crippen LogP contribution in [0.2, 0.25) is 0 Å². The molecule has 0 atom stereocenters. The van der Waals surface area contributed by atoms with E-state index in [-0.39, 0.29) is 5.91 Å². The smallest absolute Gasteiger partial charge is 0.226 e. The average molecular weight is 289 g/mol. The van der Waals surface area contributed by atoms with E-state index in [4.69, 9.17) is 0 Å². The third-order valence-corrected chi connectivity index (χ3v) is 3.79. The molecule has 5 heteroatoms. The number of thiazole rings is 1. The number of benzene rings is 1. The van der Waals surface area contributed by atoms with Gasteiger partial charge in [0.1, 0.15) is 0 Å². The van der Waals surface area contributed by atoms with Crippen LogP contribution in [0.25, 0.3) is 0 Å². The van der Waals surface area contributed by atoms with Gasteiger partial charge in [-0.15, -0.1) is 11.3 Å². The maximum absolute atomic E-state index is 11.8. The molecule has 0 spiro atoms. The second-order valence-corrected chi connectivity index (χ2v) is 5.92. The van der Waals surface area contributed by atoms with Gasteiger partial charge in [-0.25, -0.2) is 4.98 Å². The van der Waals surface area contributed by atoms with Crippen LogP contribution >= 0.6 is 11.3 Å². The van der Waals surface area contributed by atoms with E-state index in [9.17, 15) is 4.79 Å². The fraction of sp³-hybridized carbons (Fsp3) is 0.333. The minimum Gasteiger partial charge on any atom is -0.375 e. The molecule has 0 fully saturated rings. The molecular formula is C15H19N3OS. The van der Waals surface area contributed by atoms with Crippen LogP contribution in [0.1, 0.15) is 17.7 Å². The van der Waals surface area contributed by atoms with Gasteiger partial charge in [0.2, 0.25) is 5.91 Å². The number of carbonyl (C=O) groups is 1. The summed E-state index contributed by atoms with van der Waals surface area (Å²) in [7, 11) is 2.04. The maximum atomic E-state index is 11.8. The molecule has 0 saturated carbocycles. The van der Waals surface area contributed by atoms with Gasteiger partial charge in [0.05, 0.1) is 0 Å². The second-order valence-electron chi connectivity index (χ2n) is 4.68. The van der Waals surface area contributed by atoms with Crippen LogP contribution in [-0.4, -0.2) is 24.5 Å². The summed E-state index contributed by atoms with van der Waals surface area (Å²) in [6.45, 7) is 2.83. The molecule has 0 saturated heterocycles. The third-order valence-electron chi connectivity index (χ3n) is 2.96. The van der Waals surface area contributed by atoms with Crippen molar-refractivity contribution in [2.75, 3.05) is 23.8 Å². The Labute approximate surface area is 123 Å². The minimum absolute atomic E-state index is 0.0285. The molecule has 1 heterocycles. The Balaban J connectivity index is 1.71. The van der Waals surface area contributed by atoms with Crippen molar-refractivity contribution in [1.29, 1.82) is 0 Å². The van der Waals surface area contributed by atoms with Gasteiger partial charge in [0, 0.05) is 36.8 Å². The van der Waals surface area contributed by atoms with Crippen LogP contribution in [0.5, 0.6) is 0 Å². The lowest BCUT2D eigenvalue weighted by molar-refractivity contribution is -0.116. The van der Waals surface area contributed by atoms with Crippen molar-refractivity contribution in [3.63, 3.8) is 0 Å². The van der Waals surface area contributed by atoms with Gasteiger partial charge < -0.3 is 10.2 Å². The zero-order valence-corrected chi connectivity index (χ0v) is 12.6. The van der Waals surface area contributed by atoms with Crippen LogP contribution in [0.15, 0.2) is 36.5 Å². The molecule has 0 aliphatic rings. The summed E-state index contributed by atoms with van der Waals surface area (Å²) in [5.41, 5.74) is 1.17. The van der Waals surface area contributed by atoms with Gasteiger partial charge in [-0.3, -0.25) is 4.79 Å². The number of aromatic nitrogens is 1. The van der Waals surface area contributed by atoms with Crippen molar-refractivity contribution in [3.8, 4) is 0 Å². The monoisotopic (exact) mass is 289 g/mol. The van der Waals surface area contributed by atoms with E-state index in [2.05, 4.69) is 27.3 Å². The lowest BCUT2D eigenvalue weighted by Crippen LogP contribution is -2.20. The molecule has 4 nitrogen and oxygen atoms in total. The number of hydrogen-bond acceptors (Lipinski definition) is 4. The Bertz CT molecular complexity index is 553. The summed E-state index contributed by atoms with van der Waals surface area (Å²) >= 11 is 1.50. The number of amides is 1. The SMILES string of the molecule is Cc1cnc(NC(=O)CCCN(C)c2ccccc2)s1. The topological polar surface area (TPSA) is 45.2 Å². The first-order chi connectivity index (χ1) is 9.65. The van der Waals surface area contributed by atoms with Crippen LogP contribution in [0.4, 0.5) is 10.8 Å². The van der Waals surface area contributed by atoms with E-state index < -0.39 is 0 Å². The van der Waals surface area contributed by atoms with Gasteiger partial charge in [0.25, 0.3) is 0 Å². The highest BCUT2D eigenvalue weighted by molar-refractivity contribution is 7.15. The first-order valence-electron chi connectivity index (χ1n) is 6.63. The van der Waals surface area contributed by atoms with Crippen LogP contribution < -0.4 is 10.2 Å². The van der Waals surface area contributed by atoms with Crippen molar-refractivity contribution >= 4 is 28.1 Å². The standard InChI is InChI=1S/C15H19N3OS/c1-12-11-16-15(20-12)17-14(19)9-6-10-18(2)13-7-4-3-5-8-13/h3-5,7-8,11H,6,9-10H2,1-2H3,(H,16,17,19). The van der Waals surface area contributed by atoms with Crippen LogP contribution in [-0.2, 0) is 4.79 Å². The molecule has 20 heavy (non-hydrogen) atoms. The fourth-order valence-electron chi connectivity index (χ4n) is 1.88. The van der Waals surface area contributed by atoms with E-state index in [0.717, 1.165) is 17.8 Å². The van der Waals surface area contributed by atoms with Crippen molar-refractivity contribution in [2.45, 2.75) is 19.8 Å². The largest absolute Gasteiger partial charge is 0.375 e. The molecule has 0 aliphatic carbocycles. The summed E-state index contributed by atoms with van der Waals surface area (Å²) in [6.07, 6.45) is 3.10. The Morgan fingerprint density at radius 2 is 2.10 bits per heavy atom. The molecule has 1 aromatic carbocycles. The highest BCUT2D eigenvalue weighted by Crippen LogP contribution is 2.17. The number of aryl methyl sites for hydroxylation is 1. The van der Waals surface area contributed by atoms with E-state index >= 15 is 0 Å². The van der Waals surface area contributed by atoms with E-state index in [1.165, 1.54) is 17.0 Å². The lowest BCUT2D eigenvalue weighted by Gasteiger charge is -2.18. The van der Waals surface area contributed by atoms with Crippen molar-refractivity contribution in [2.24, 2.45) is 0 Å². The molecule has 0 bridgehead atoms. The number of nitrogens with one attached hydrogen (secondary N) is 1. The lowest BCUT2D eigenvalue weighted by atomic mass is 10.2. The second kappa shape index (κ2) is 7.05. The summed E-state index contributed by atoms with van der Waals surface area (Å²) in [4.78, 5) is 19.2. The first kappa shape index (κ1) is 14.5. The first-order valence-corrected chi connectivity index (χ1v) is 7.45. The van der Waals surface area contributed by atoms with E-state index in [1.807, 2.05) is 32.2 Å². The van der Waals surface area contributed by atoms with Gasteiger partial charge in [-0.2, -0.15) is 0 Å². The Kier molecular flexibility index (Phi) is 5.12. The molecule has 1 N–H and O–H groups in total. The van der Waals surface area contributed by atoms with E-state index in [0.29, 0.717) is 11.6 Å². The van der Waals surface area contributed by atoms with Gasteiger partial charge >= 0.3 is 0 Å². The Hall–Kier alpha value is -1.88.